The Hall–Kier alpha value is -2.13. The van der Waals surface area contributed by atoms with E-state index in [1.165, 1.54) is 75.7 Å². The summed E-state index contributed by atoms with van der Waals surface area (Å²) < 4.78 is 0. The van der Waals surface area contributed by atoms with Crippen molar-refractivity contribution in [3.05, 3.63) is 65.2 Å². The summed E-state index contributed by atoms with van der Waals surface area (Å²) in [5.41, 5.74) is 5.36. The third-order valence-corrected chi connectivity index (χ3v) is 6.04. The second kappa shape index (κ2) is 9.38. The number of hydrogen-bond donors (Lipinski definition) is 1. The van der Waals surface area contributed by atoms with Gasteiger partial charge in [-0.3, -0.25) is 9.69 Å². The summed E-state index contributed by atoms with van der Waals surface area (Å²) in [6, 6.07) is 17.3. The van der Waals surface area contributed by atoms with Gasteiger partial charge in [0.25, 0.3) is 0 Å². The summed E-state index contributed by atoms with van der Waals surface area (Å²) in [6.07, 6.45) is 10.4. The van der Waals surface area contributed by atoms with Crippen molar-refractivity contribution in [2.24, 2.45) is 0 Å². The number of benzene rings is 2. The molecule has 150 valence electrons. The van der Waals surface area contributed by atoms with Gasteiger partial charge in [-0.2, -0.15) is 0 Å². The fraction of sp³-hybridized carbons (Fsp3) is 0.480. The predicted octanol–water partition coefficient (Wildman–Crippen LogP) is 5.93. The Bertz CT molecular complexity index is 763. The van der Waals surface area contributed by atoms with Crippen molar-refractivity contribution in [3.63, 3.8) is 0 Å². The molecule has 0 radical (unpaired) electrons. The zero-order valence-electron chi connectivity index (χ0n) is 16.8. The van der Waals surface area contributed by atoms with Crippen molar-refractivity contribution in [1.29, 1.82) is 0 Å². The molecule has 1 amide bonds. The van der Waals surface area contributed by atoms with Crippen LogP contribution in [0.25, 0.3) is 0 Å². The van der Waals surface area contributed by atoms with Crippen LogP contribution in [0, 0.1) is 0 Å². The molecule has 1 aliphatic heterocycles. The minimum Gasteiger partial charge on any atom is -0.329 e. The molecule has 1 heterocycles. The fourth-order valence-corrected chi connectivity index (χ4v) is 4.07. The van der Waals surface area contributed by atoms with Gasteiger partial charge in [0.15, 0.2) is 0 Å². The molecule has 3 heteroatoms. The number of anilines is 1. The van der Waals surface area contributed by atoms with Crippen LogP contribution in [0.4, 0.5) is 5.69 Å². The zero-order chi connectivity index (χ0) is 19.2. The summed E-state index contributed by atoms with van der Waals surface area (Å²) >= 11 is 0. The smallest absolute Gasteiger partial charge is 0.211 e. The summed E-state index contributed by atoms with van der Waals surface area (Å²) in [5, 5.41) is 2.61. The summed E-state index contributed by atoms with van der Waals surface area (Å²) in [7, 11) is 0. The molecule has 3 aliphatic rings. The first-order valence-corrected chi connectivity index (χ1v) is 10.9. The molecule has 2 saturated carbocycles. The van der Waals surface area contributed by atoms with Crippen LogP contribution >= 0.6 is 0 Å². The van der Waals surface area contributed by atoms with Crippen LogP contribution in [0.1, 0.15) is 74.9 Å². The van der Waals surface area contributed by atoms with Crippen molar-refractivity contribution in [1.82, 2.24) is 4.90 Å². The Kier molecular flexibility index (Phi) is 6.43. The van der Waals surface area contributed by atoms with E-state index >= 15 is 0 Å². The molecule has 3 nitrogen and oxygen atoms in total. The highest BCUT2D eigenvalue weighted by molar-refractivity contribution is 5.71. The Labute approximate surface area is 170 Å². The molecule has 0 bridgehead atoms. The van der Waals surface area contributed by atoms with E-state index in [1.807, 2.05) is 12.1 Å². The third kappa shape index (κ3) is 5.68. The number of nitrogens with zero attached hydrogens (tertiary/aromatic N) is 1. The van der Waals surface area contributed by atoms with Gasteiger partial charge in [-0.1, -0.05) is 42.8 Å². The average Bonchev–Trinajstić information content (AvgIpc) is 3.64. The van der Waals surface area contributed by atoms with Gasteiger partial charge >= 0.3 is 0 Å². The van der Waals surface area contributed by atoms with Crippen LogP contribution < -0.4 is 5.32 Å². The topological polar surface area (TPSA) is 32.3 Å². The molecular weight excluding hydrogens is 344 g/mol. The molecular formula is C25H34N2O. The maximum atomic E-state index is 10.1. The predicted molar refractivity (Wildman–Crippen MR) is 118 cm³/mol. The largest absolute Gasteiger partial charge is 0.329 e. The van der Waals surface area contributed by atoms with E-state index in [9.17, 15) is 4.79 Å². The lowest BCUT2D eigenvalue weighted by Crippen LogP contribution is -2.29. The molecule has 0 unspecified atom stereocenters. The van der Waals surface area contributed by atoms with Crippen LogP contribution in [0.3, 0.4) is 0 Å². The zero-order valence-corrected chi connectivity index (χ0v) is 16.8. The number of carbonyl (C=O) groups excluding carboxylic acids is 1. The highest BCUT2D eigenvalue weighted by Crippen LogP contribution is 2.40. The summed E-state index contributed by atoms with van der Waals surface area (Å²) in [6.45, 7) is 3.77. The molecule has 3 fully saturated rings. The van der Waals surface area contributed by atoms with Crippen molar-refractivity contribution in [2.45, 2.75) is 63.3 Å². The summed E-state index contributed by atoms with van der Waals surface area (Å²) in [4.78, 5) is 12.7. The minimum atomic E-state index is 0. The first kappa shape index (κ1) is 19.2. The molecule has 0 spiro atoms. The monoisotopic (exact) mass is 378 g/mol. The number of rotatable bonds is 6. The van der Waals surface area contributed by atoms with Crippen molar-refractivity contribution >= 4 is 12.1 Å². The SMILES string of the molecule is O=CNc1ccc(C2CC2)cc1.[HH].c1cc(CN2CCCCC2)cc(C2CC2)c1. The van der Waals surface area contributed by atoms with E-state index in [0.717, 1.165) is 17.5 Å². The quantitative estimate of drug-likeness (QED) is 0.632. The average molecular weight is 379 g/mol. The maximum Gasteiger partial charge on any atom is 0.211 e. The number of amides is 1. The molecule has 2 aromatic rings. The number of hydrogen-bond acceptors (Lipinski definition) is 2. The van der Waals surface area contributed by atoms with Gasteiger partial charge in [-0.05, 0) is 92.3 Å². The van der Waals surface area contributed by atoms with Gasteiger partial charge < -0.3 is 5.32 Å². The van der Waals surface area contributed by atoms with Gasteiger partial charge in [-0.15, -0.1) is 0 Å². The number of nitrogens with one attached hydrogen (secondary N) is 1. The standard InChI is InChI=1S/C15H21N.C10H11NO.H2/c1-2-9-16(10-3-1)12-13-5-4-6-15(11-13)14-7-8-14;12-7-11-10-5-3-9(4-6-10)8-1-2-8;/h4-6,11,14H,1-3,7-10,12H2;3-8H,1-2H2,(H,11,12);1H. The second-order valence-corrected chi connectivity index (χ2v) is 8.51. The van der Waals surface area contributed by atoms with Crippen LogP contribution in [-0.4, -0.2) is 24.4 Å². The van der Waals surface area contributed by atoms with Gasteiger partial charge in [0.2, 0.25) is 6.41 Å². The summed E-state index contributed by atoms with van der Waals surface area (Å²) in [5.74, 6) is 1.68. The Morgan fingerprint density at radius 3 is 2.21 bits per heavy atom. The molecule has 2 aromatic carbocycles. The van der Waals surface area contributed by atoms with E-state index in [1.54, 1.807) is 5.56 Å². The first-order valence-electron chi connectivity index (χ1n) is 10.9. The highest BCUT2D eigenvalue weighted by atomic mass is 16.1. The van der Waals surface area contributed by atoms with Gasteiger partial charge in [-0.25, -0.2) is 0 Å². The molecule has 1 N–H and O–H groups in total. The van der Waals surface area contributed by atoms with E-state index in [2.05, 4.69) is 46.6 Å². The molecule has 0 aromatic heterocycles. The van der Waals surface area contributed by atoms with Crippen LogP contribution in [0.2, 0.25) is 0 Å². The minimum absolute atomic E-state index is 0. The number of likely N-dealkylation sites (tertiary alicyclic amines) is 1. The first-order chi connectivity index (χ1) is 13.8. The number of carbonyl (C=O) groups is 1. The number of piperidine rings is 1. The third-order valence-electron chi connectivity index (χ3n) is 6.04. The molecule has 5 rings (SSSR count). The molecule has 28 heavy (non-hydrogen) atoms. The normalized spacial score (nSPS) is 19.4. The Morgan fingerprint density at radius 2 is 1.57 bits per heavy atom. The van der Waals surface area contributed by atoms with E-state index in [-0.39, 0.29) is 1.43 Å². The van der Waals surface area contributed by atoms with Gasteiger partial charge in [0.1, 0.15) is 0 Å². The van der Waals surface area contributed by atoms with Crippen molar-refractivity contribution in [2.75, 3.05) is 18.4 Å². The Balaban J connectivity index is 0.000000167. The fourth-order valence-electron chi connectivity index (χ4n) is 4.07. The lowest BCUT2D eigenvalue weighted by molar-refractivity contribution is -0.105. The Morgan fingerprint density at radius 1 is 0.893 bits per heavy atom. The lowest BCUT2D eigenvalue weighted by Gasteiger charge is -2.26. The van der Waals surface area contributed by atoms with Gasteiger partial charge in [0.05, 0.1) is 0 Å². The molecule has 0 atom stereocenters. The van der Waals surface area contributed by atoms with E-state index < -0.39 is 0 Å². The maximum absolute atomic E-state index is 10.1. The highest BCUT2D eigenvalue weighted by Gasteiger charge is 2.24. The second-order valence-electron chi connectivity index (χ2n) is 8.51. The van der Waals surface area contributed by atoms with Crippen LogP contribution in [0.5, 0.6) is 0 Å². The lowest BCUT2D eigenvalue weighted by atomic mass is 10.1. The van der Waals surface area contributed by atoms with Crippen LogP contribution in [0.15, 0.2) is 48.5 Å². The molecule has 2 aliphatic carbocycles. The van der Waals surface area contributed by atoms with Gasteiger partial charge in [0, 0.05) is 13.7 Å². The van der Waals surface area contributed by atoms with E-state index in [0.29, 0.717) is 6.41 Å². The van der Waals surface area contributed by atoms with Crippen molar-refractivity contribution < 1.29 is 6.22 Å². The van der Waals surface area contributed by atoms with E-state index in [4.69, 9.17) is 0 Å². The van der Waals surface area contributed by atoms with Crippen LogP contribution in [-0.2, 0) is 11.3 Å². The van der Waals surface area contributed by atoms with Crippen molar-refractivity contribution in [3.8, 4) is 0 Å². The molecule has 1 saturated heterocycles.